The van der Waals surface area contributed by atoms with E-state index in [1.165, 1.54) is 6.42 Å². The molecule has 0 aromatic carbocycles. The number of amides is 1. The number of aromatic nitrogens is 3. The van der Waals surface area contributed by atoms with Gasteiger partial charge < -0.3 is 9.47 Å². The first kappa shape index (κ1) is 15.7. The van der Waals surface area contributed by atoms with Gasteiger partial charge in [-0.1, -0.05) is 6.07 Å². The highest BCUT2D eigenvalue weighted by Gasteiger charge is 2.26. The van der Waals surface area contributed by atoms with Crippen LogP contribution in [0.25, 0.3) is 0 Å². The van der Waals surface area contributed by atoms with E-state index in [0.717, 1.165) is 44.5 Å². The maximum Gasteiger partial charge on any atom is 0.223 e. The SMILES string of the molecule is O=C(CCc1ccccn1)N1CCCCC1CCn1ccnc1. The van der Waals surface area contributed by atoms with Crippen LogP contribution in [0.4, 0.5) is 0 Å². The molecule has 2 aromatic heterocycles. The number of imidazole rings is 1. The molecule has 0 radical (unpaired) electrons. The Morgan fingerprint density at radius 2 is 2.22 bits per heavy atom. The number of pyridine rings is 1. The summed E-state index contributed by atoms with van der Waals surface area (Å²) in [5.41, 5.74) is 0.993. The Kier molecular flexibility index (Phi) is 5.40. The predicted octanol–water partition coefficient (Wildman–Crippen LogP) is 2.68. The van der Waals surface area contributed by atoms with Crippen LogP contribution in [0.15, 0.2) is 43.1 Å². The van der Waals surface area contributed by atoms with Crippen LogP contribution in [-0.4, -0.2) is 37.9 Å². The van der Waals surface area contributed by atoms with Crippen LogP contribution < -0.4 is 0 Å². The summed E-state index contributed by atoms with van der Waals surface area (Å²) in [5.74, 6) is 0.269. The lowest BCUT2D eigenvalue weighted by Gasteiger charge is -2.36. The van der Waals surface area contributed by atoms with Crippen LogP contribution in [-0.2, 0) is 17.8 Å². The van der Waals surface area contributed by atoms with Crippen molar-refractivity contribution in [3.8, 4) is 0 Å². The summed E-state index contributed by atoms with van der Waals surface area (Å²) in [6.07, 6.45) is 13.2. The second-order valence-corrected chi connectivity index (χ2v) is 6.15. The first-order chi connectivity index (χ1) is 11.3. The van der Waals surface area contributed by atoms with Crippen LogP contribution in [0.5, 0.6) is 0 Å². The zero-order valence-electron chi connectivity index (χ0n) is 13.5. The molecule has 23 heavy (non-hydrogen) atoms. The third-order valence-corrected chi connectivity index (χ3v) is 4.55. The van der Waals surface area contributed by atoms with E-state index in [-0.39, 0.29) is 5.91 Å². The van der Waals surface area contributed by atoms with Crippen molar-refractivity contribution >= 4 is 5.91 Å². The molecule has 5 heteroatoms. The molecular weight excluding hydrogens is 288 g/mol. The van der Waals surface area contributed by atoms with Crippen molar-refractivity contribution in [2.45, 2.75) is 51.1 Å². The van der Waals surface area contributed by atoms with E-state index < -0.39 is 0 Å². The molecule has 3 heterocycles. The molecular formula is C18H24N4O. The van der Waals surface area contributed by atoms with Gasteiger partial charge in [0.1, 0.15) is 0 Å². The molecule has 5 nitrogen and oxygen atoms in total. The molecule has 1 aliphatic rings. The van der Waals surface area contributed by atoms with Crippen molar-refractivity contribution in [2.24, 2.45) is 0 Å². The van der Waals surface area contributed by atoms with E-state index in [9.17, 15) is 4.79 Å². The van der Waals surface area contributed by atoms with Gasteiger partial charge in [-0.25, -0.2) is 4.98 Å². The molecule has 0 bridgehead atoms. The third kappa shape index (κ3) is 4.41. The average molecular weight is 312 g/mol. The van der Waals surface area contributed by atoms with Crippen LogP contribution in [0.1, 0.15) is 37.8 Å². The standard InChI is InChI=1S/C18H24N4O/c23-18(8-7-16-5-1-3-10-20-16)22-12-4-2-6-17(22)9-13-21-14-11-19-15-21/h1,3,5,10-11,14-15,17H,2,4,6-9,12-13H2. The Labute approximate surface area is 137 Å². The van der Waals surface area contributed by atoms with Crippen molar-refractivity contribution in [2.75, 3.05) is 6.54 Å². The molecule has 1 atom stereocenters. The van der Waals surface area contributed by atoms with Gasteiger partial charge in [-0.3, -0.25) is 9.78 Å². The fraction of sp³-hybridized carbons (Fsp3) is 0.500. The minimum atomic E-state index is 0.269. The van der Waals surface area contributed by atoms with E-state index in [2.05, 4.69) is 19.4 Å². The molecule has 1 aliphatic heterocycles. The molecule has 3 rings (SSSR count). The number of piperidine rings is 1. The fourth-order valence-electron chi connectivity index (χ4n) is 3.27. The molecule has 0 spiro atoms. The minimum Gasteiger partial charge on any atom is -0.340 e. The third-order valence-electron chi connectivity index (χ3n) is 4.55. The second kappa shape index (κ2) is 7.90. The van der Waals surface area contributed by atoms with Gasteiger partial charge >= 0.3 is 0 Å². The van der Waals surface area contributed by atoms with Crippen LogP contribution >= 0.6 is 0 Å². The summed E-state index contributed by atoms with van der Waals surface area (Å²) in [6, 6.07) is 6.23. The molecule has 0 aliphatic carbocycles. The van der Waals surface area contributed by atoms with Crippen molar-refractivity contribution in [3.63, 3.8) is 0 Å². The Hall–Kier alpha value is -2.17. The summed E-state index contributed by atoms with van der Waals surface area (Å²) < 4.78 is 2.09. The quantitative estimate of drug-likeness (QED) is 0.824. The van der Waals surface area contributed by atoms with Crippen LogP contribution in [0, 0.1) is 0 Å². The number of likely N-dealkylation sites (tertiary alicyclic amines) is 1. The smallest absolute Gasteiger partial charge is 0.223 e. The van der Waals surface area contributed by atoms with Gasteiger partial charge in [-0.05, 0) is 44.2 Å². The second-order valence-electron chi connectivity index (χ2n) is 6.15. The van der Waals surface area contributed by atoms with Crippen LogP contribution in [0.2, 0.25) is 0 Å². The van der Waals surface area contributed by atoms with Crippen molar-refractivity contribution in [3.05, 3.63) is 48.8 Å². The molecule has 1 unspecified atom stereocenters. The minimum absolute atomic E-state index is 0.269. The average Bonchev–Trinajstić information content (AvgIpc) is 3.12. The van der Waals surface area contributed by atoms with Gasteiger partial charge in [0.2, 0.25) is 5.91 Å². The first-order valence-electron chi connectivity index (χ1n) is 8.48. The van der Waals surface area contributed by atoms with Gasteiger partial charge in [-0.15, -0.1) is 0 Å². The Balaban J connectivity index is 1.53. The molecule has 2 aromatic rings. The number of hydrogen-bond acceptors (Lipinski definition) is 3. The Morgan fingerprint density at radius 3 is 3.00 bits per heavy atom. The van der Waals surface area contributed by atoms with E-state index >= 15 is 0 Å². The zero-order chi connectivity index (χ0) is 15.9. The first-order valence-corrected chi connectivity index (χ1v) is 8.48. The summed E-state index contributed by atoms with van der Waals surface area (Å²) in [6.45, 7) is 1.82. The van der Waals surface area contributed by atoms with E-state index in [0.29, 0.717) is 12.5 Å². The van der Waals surface area contributed by atoms with Crippen molar-refractivity contribution in [1.82, 2.24) is 19.4 Å². The highest BCUT2D eigenvalue weighted by Crippen LogP contribution is 2.21. The molecule has 1 fully saturated rings. The van der Waals surface area contributed by atoms with Crippen molar-refractivity contribution < 1.29 is 4.79 Å². The number of carbonyl (C=O) groups is 1. The van der Waals surface area contributed by atoms with E-state index in [1.807, 2.05) is 30.7 Å². The maximum absolute atomic E-state index is 12.6. The van der Waals surface area contributed by atoms with Gasteiger partial charge in [0.15, 0.2) is 0 Å². The van der Waals surface area contributed by atoms with Crippen LogP contribution in [0.3, 0.4) is 0 Å². The fourth-order valence-corrected chi connectivity index (χ4v) is 3.27. The predicted molar refractivity (Wildman–Crippen MR) is 88.8 cm³/mol. The highest BCUT2D eigenvalue weighted by molar-refractivity contribution is 5.76. The number of rotatable bonds is 6. The molecule has 0 saturated carbocycles. The lowest BCUT2D eigenvalue weighted by atomic mass is 9.98. The largest absolute Gasteiger partial charge is 0.340 e. The lowest BCUT2D eigenvalue weighted by molar-refractivity contribution is -0.135. The van der Waals surface area contributed by atoms with Gasteiger partial charge in [0, 0.05) is 49.8 Å². The lowest BCUT2D eigenvalue weighted by Crippen LogP contribution is -2.44. The van der Waals surface area contributed by atoms with Crippen molar-refractivity contribution in [1.29, 1.82) is 0 Å². The summed E-state index contributed by atoms with van der Waals surface area (Å²) >= 11 is 0. The molecule has 0 N–H and O–H groups in total. The number of aryl methyl sites for hydroxylation is 2. The molecule has 1 saturated heterocycles. The van der Waals surface area contributed by atoms with Gasteiger partial charge in [0.05, 0.1) is 6.33 Å². The van der Waals surface area contributed by atoms with Gasteiger partial charge in [-0.2, -0.15) is 0 Å². The molecule has 1 amide bonds. The van der Waals surface area contributed by atoms with Gasteiger partial charge in [0.25, 0.3) is 0 Å². The maximum atomic E-state index is 12.6. The topological polar surface area (TPSA) is 51.0 Å². The zero-order valence-corrected chi connectivity index (χ0v) is 13.5. The van der Waals surface area contributed by atoms with E-state index in [4.69, 9.17) is 0 Å². The highest BCUT2D eigenvalue weighted by atomic mass is 16.2. The monoisotopic (exact) mass is 312 g/mol. The normalized spacial score (nSPS) is 18.1. The Morgan fingerprint density at radius 1 is 1.26 bits per heavy atom. The number of hydrogen-bond donors (Lipinski definition) is 0. The number of carbonyl (C=O) groups excluding carboxylic acids is 1. The van der Waals surface area contributed by atoms with E-state index in [1.54, 1.807) is 12.4 Å². The number of nitrogens with zero attached hydrogens (tertiary/aromatic N) is 4. The summed E-state index contributed by atoms with van der Waals surface area (Å²) in [5, 5.41) is 0. The Bertz CT molecular complexity index is 597. The summed E-state index contributed by atoms with van der Waals surface area (Å²) in [4.78, 5) is 23.1. The molecule has 122 valence electrons. The summed E-state index contributed by atoms with van der Waals surface area (Å²) in [7, 11) is 0.